The van der Waals surface area contributed by atoms with Gasteiger partial charge in [-0.05, 0) is 25.0 Å². The Morgan fingerprint density at radius 1 is 0.667 bits per heavy atom. The van der Waals surface area contributed by atoms with Crippen LogP contribution in [0.5, 0.6) is 0 Å². The molecule has 2 aromatic carbocycles. The lowest BCUT2D eigenvalue weighted by Gasteiger charge is -2.06. The van der Waals surface area contributed by atoms with E-state index < -0.39 is 11.9 Å². The Balaban J connectivity index is 1.70. The van der Waals surface area contributed by atoms with Crippen LogP contribution in [0.3, 0.4) is 0 Å². The molecule has 0 saturated heterocycles. The quantitative estimate of drug-likeness (QED) is 0.244. The van der Waals surface area contributed by atoms with Crippen molar-refractivity contribution in [3.05, 3.63) is 107 Å². The standard InChI is InChI=1S/C26H26O4/c1-21(11-9-17-23-13-5-3-6-14-23)25(27)29-19-20-30-26(28)22(2)12-10-18-24-15-7-4-8-16-24/h3-18H,19-20H2,1-2H3. The fraction of sp³-hybridized carbons (Fsp3) is 0.154. The van der Waals surface area contributed by atoms with Gasteiger partial charge < -0.3 is 9.47 Å². The van der Waals surface area contributed by atoms with E-state index in [1.165, 1.54) is 0 Å². The zero-order chi connectivity index (χ0) is 21.6. The van der Waals surface area contributed by atoms with Crippen molar-refractivity contribution < 1.29 is 19.1 Å². The Labute approximate surface area is 177 Å². The maximum Gasteiger partial charge on any atom is 0.333 e. The average molecular weight is 402 g/mol. The molecule has 0 aliphatic carbocycles. The highest BCUT2D eigenvalue weighted by Gasteiger charge is 2.07. The van der Waals surface area contributed by atoms with E-state index >= 15 is 0 Å². The molecule has 2 aromatic rings. The van der Waals surface area contributed by atoms with E-state index in [1.807, 2.05) is 72.8 Å². The van der Waals surface area contributed by atoms with E-state index in [1.54, 1.807) is 38.2 Å². The summed E-state index contributed by atoms with van der Waals surface area (Å²) in [6.45, 7) is 3.36. The second-order valence-corrected chi connectivity index (χ2v) is 6.51. The highest BCUT2D eigenvalue weighted by molar-refractivity contribution is 5.89. The Morgan fingerprint density at radius 3 is 1.40 bits per heavy atom. The van der Waals surface area contributed by atoms with Crippen molar-refractivity contribution in [3.63, 3.8) is 0 Å². The number of hydrogen-bond donors (Lipinski definition) is 0. The average Bonchev–Trinajstić information content (AvgIpc) is 2.77. The van der Waals surface area contributed by atoms with Crippen molar-refractivity contribution in [1.29, 1.82) is 0 Å². The van der Waals surface area contributed by atoms with E-state index in [2.05, 4.69) is 0 Å². The summed E-state index contributed by atoms with van der Waals surface area (Å²) in [6, 6.07) is 19.6. The van der Waals surface area contributed by atoms with Gasteiger partial charge in [0.05, 0.1) is 0 Å². The second kappa shape index (κ2) is 12.7. The molecule has 4 heteroatoms. The summed E-state index contributed by atoms with van der Waals surface area (Å²) in [6.07, 6.45) is 10.8. The minimum atomic E-state index is -0.443. The van der Waals surface area contributed by atoms with Crippen LogP contribution in [0.2, 0.25) is 0 Å². The number of allylic oxidation sites excluding steroid dienone is 4. The molecule has 0 heterocycles. The lowest BCUT2D eigenvalue weighted by molar-refractivity contribution is -0.147. The molecule has 30 heavy (non-hydrogen) atoms. The number of ether oxygens (including phenoxy) is 2. The van der Waals surface area contributed by atoms with Crippen LogP contribution in [-0.4, -0.2) is 25.2 Å². The van der Waals surface area contributed by atoms with Crippen LogP contribution in [-0.2, 0) is 19.1 Å². The zero-order valence-electron chi connectivity index (χ0n) is 17.3. The first-order valence-electron chi connectivity index (χ1n) is 9.70. The maximum atomic E-state index is 12.0. The molecule has 0 fully saturated rings. The summed E-state index contributed by atoms with van der Waals surface area (Å²) in [5.74, 6) is -0.886. The van der Waals surface area contributed by atoms with Crippen LogP contribution in [0.4, 0.5) is 0 Å². The number of hydrogen-bond acceptors (Lipinski definition) is 4. The summed E-state index contributed by atoms with van der Waals surface area (Å²) in [5.41, 5.74) is 3.03. The van der Waals surface area contributed by atoms with Crippen LogP contribution >= 0.6 is 0 Å². The van der Waals surface area contributed by atoms with Gasteiger partial charge in [-0.15, -0.1) is 0 Å². The topological polar surface area (TPSA) is 52.6 Å². The number of carbonyl (C=O) groups is 2. The summed E-state index contributed by atoms with van der Waals surface area (Å²) >= 11 is 0. The summed E-state index contributed by atoms with van der Waals surface area (Å²) in [5, 5.41) is 0. The molecule has 4 nitrogen and oxygen atoms in total. The minimum absolute atomic E-state index is 0.00525. The van der Waals surface area contributed by atoms with Gasteiger partial charge in [0.1, 0.15) is 13.2 Å². The van der Waals surface area contributed by atoms with Gasteiger partial charge in [0.2, 0.25) is 0 Å². The molecule has 0 spiro atoms. The first-order valence-corrected chi connectivity index (χ1v) is 9.70. The fourth-order valence-corrected chi connectivity index (χ4v) is 2.37. The molecule has 0 saturated carbocycles. The summed E-state index contributed by atoms with van der Waals surface area (Å²) < 4.78 is 10.2. The highest BCUT2D eigenvalue weighted by atomic mass is 16.6. The van der Waals surface area contributed by atoms with Gasteiger partial charge >= 0.3 is 11.9 Å². The van der Waals surface area contributed by atoms with E-state index in [0.717, 1.165) is 11.1 Å². The van der Waals surface area contributed by atoms with Crippen molar-refractivity contribution >= 4 is 24.1 Å². The van der Waals surface area contributed by atoms with E-state index in [9.17, 15) is 9.59 Å². The van der Waals surface area contributed by atoms with Gasteiger partial charge in [0, 0.05) is 11.1 Å². The van der Waals surface area contributed by atoms with Crippen molar-refractivity contribution in [2.75, 3.05) is 13.2 Å². The molecular formula is C26H26O4. The minimum Gasteiger partial charge on any atom is -0.459 e. The first kappa shape index (κ1) is 22.6. The second-order valence-electron chi connectivity index (χ2n) is 6.51. The van der Waals surface area contributed by atoms with Crippen molar-refractivity contribution in [3.8, 4) is 0 Å². The van der Waals surface area contributed by atoms with Crippen LogP contribution in [0.15, 0.2) is 96.1 Å². The third kappa shape index (κ3) is 8.57. The Bertz CT molecular complexity index is 856. The highest BCUT2D eigenvalue weighted by Crippen LogP contribution is 2.05. The van der Waals surface area contributed by atoms with E-state index in [0.29, 0.717) is 11.1 Å². The third-order valence-electron chi connectivity index (χ3n) is 4.06. The molecule has 0 unspecified atom stereocenters. The van der Waals surface area contributed by atoms with Crippen molar-refractivity contribution in [1.82, 2.24) is 0 Å². The molecule has 154 valence electrons. The number of esters is 2. The summed E-state index contributed by atoms with van der Waals surface area (Å²) in [4.78, 5) is 23.9. The van der Waals surface area contributed by atoms with Crippen LogP contribution in [0.1, 0.15) is 25.0 Å². The van der Waals surface area contributed by atoms with Crippen molar-refractivity contribution in [2.24, 2.45) is 0 Å². The molecule has 2 rings (SSSR count). The largest absolute Gasteiger partial charge is 0.459 e. The van der Waals surface area contributed by atoms with Gasteiger partial charge in [-0.2, -0.15) is 0 Å². The fourth-order valence-electron chi connectivity index (χ4n) is 2.37. The molecule has 0 atom stereocenters. The normalized spacial score (nSPS) is 12.3. The van der Waals surface area contributed by atoms with Gasteiger partial charge in [-0.3, -0.25) is 0 Å². The molecule has 0 radical (unpaired) electrons. The monoisotopic (exact) mass is 402 g/mol. The Hall–Kier alpha value is -3.66. The summed E-state index contributed by atoms with van der Waals surface area (Å²) in [7, 11) is 0. The zero-order valence-corrected chi connectivity index (χ0v) is 17.3. The van der Waals surface area contributed by atoms with Gasteiger partial charge in [0.15, 0.2) is 0 Å². The van der Waals surface area contributed by atoms with Crippen LogP contribution in [0, 0.1) is 0 Å². The smallest absolute Gasteiger partial charge is 0.333 e. The molecule has 0 bridgehead atoms. The van der Waals surface area contributed by atoms with E-state index in [4.69, 9.17) is 9.47 Å². The first-order chi connectivity index (χ1) is 14.6. The van der Waals surface area contributed by atoms with Crippen LogP contribution < -0.4 is 0 Å². The lowest BCUT2D eigenvalue weighted by atomic mass is 10.2. The lowest BCUT2D eigenvalue weighted by Crippen LogP contribution is -2.14. The predicted molar refractivity (Wildman–Crippen MR) is 120 cm³/mol. The molecule has 0 aliphatic rings. The SMILES string of the molecule is CC(=CC=Cc1ccccc1)C(=O)OCCOC(=O)C(C)=CC=Cc1ccccc1. The van der Waals surface area contributed by atoms with Crippen molar-refractivity contribution in [2.45, 2.75) is 13.8 Å². The maximum absolute atomic E-state index is 12.0. The number of rotatable bonds is 9. The Morgan fingerprint density at radius 2 is 1.03 bits per heavy atom. The molecule has 0 aliphatic heterocycles. The number of carbonyl (C=O) groups excluding carboxylic acids is 2. The molecule has 0 N–H and O–H groups in total. The predicted octanol–water partition coefficient (Wildman–Crippen LogP) is 5.39. The Kier molecular flexibility index (Phi) is 9.60. The van der Waals surface area contributed by atoms with E-state index in [-0.39, 0.29) is 13.2 Å². The van der Waals surface area contributed by atoms with Crippen LogP contribution in [0.25, 0.3) is 12.2 Å². The van der Waals surface area contributed by atoms with Gasteiger partial charge in [0.25, 0.3) is 0 Å². The molecular weight excluding hydrogens is 376 g/mol. The molecule has 0 aromatic heterocycles. The molecule has 0 amide bonds. The van der Waals surface area contributed by atoms with Gasteiger partial charge in [-0.25, -0.2) is 9.59 Å². The number of benzene rings is 2. The third-order valence-corrected chi connectivity index (χ3v) is 4.06. The van der Waals surface area contributed by atoms with Gasteiger partial charge in [-0.1, -0.05) is 97.1 Å².